The summed E-state index contributed by atoms with van der Waals surface area (Å²) in [6, 6.07) is 4.12. The summed E-state index contributed by atoms with van der Waals surface area (Å²) in [6.07, 6.45) is 2.99. The molecule has 1 aliphatic rings. The zero-order chi connectivity index (χ0) is 15.5. The van der Waals surface area contributed by atoms with E-state index in [1.807, 2.05) is 19.2 Å². The third kappa shape index (κ3) is 3.09. The number of thioether (sulfide) groups is 1. The zero-order valence-electron chi connectivity index (χ0n) is 12.8. The van der Waals surface area contributed by atoms with Gasteiger partial charge < -0.3 is 16.0 Å². The average Bonchev–Trinajstić information content (AvgIpc) is 2.91. The molecular formula is C15H20N6S. The number of nitrogens with two attached hydrogens (primary N) is 1. The number of pyridine rings is 1. The average molecular weight is 316 g/mol. The molecule has 116 valence electrons. The minimum Gasteiger partial charge on any atom is -0.382 e. The Morgan fingerprint density at radius 2 is 2.23 bits per heavy atom. The molecule has 0 bridgehead atoms. The SMILES string of the molecule is CCCSc1nc(N)c2c(n1)N(Cc1ccc(C)nc1)CN2. The second-order valence-corrected chi connectivity index (χ2v) is 6.34. The smallest absolute Gasteiger partial charge is 0.191 e. The van der Waals surface area contributed by atoms with Crippen LogP contribution in [0, 0.1) is 6.92 Å². The number of hydrogen-bond acceptors (Lipinski definition) is 7. The van der Waals surface area contributed by atoms with Crippen molar-refractivity contribution < 1.29 is 0 Å². The molecule has 0 aliphatic carbocycles. The number of aryl methyl sites for hydroxylation is 1. The first-order chi connectivity index (χ1) is 10.7. The van der Waals surface area contributed by atoms with Gasteiger partial charge in [-0.1, -0.05) is 24.8 Å². The third-order valence-electron chi connectivity index (χ3n) is 3.42. The number of nitrogens with zero attached hydrogens (tertiary/aromatic N) is 4. The van der Waals surface area contributed by atoms with Gasteiger partial charge >= 0.3 is 0 Å². The van der Waals surface area contributed by atoms with Crippen molar-refractivity contribution in [3.05, 3.63) is 29.6 Å². The van der Waals surface area contributed by atoms with Gasteiger partial charge in [-0.2, -0.15) is 0 Å². The molecule has 0 saturated heterocycles. The van der Waals surface area contributed by atoms with Crippen molar-refractivity contribution in [3.8, 4) is 0 Å². The summed E-state index contributed by atoms with van der Waals surface area (Å²) in [5.74, 6) is 2.40. The van der Waals surface area contributed by atoms with E-state index in [9.17, 15) is 0 Å². The monoisotopic (exact) mass is 316 g/mol. The van der Waals surface area contributed by atoms with Gasteiger partial charge in [0.05, 0.1) is 6.67 Å². The Labute approximate surface area is 134 Å². The van der Waals surface area contributed by atoms with E-state index in [4.69, 9.17) is 5.73 Å². The molecule has 3 rings (SSSR count). The van der Waals surface area contributed by atoms with Gasteiger partial charge in [0.25, 0.3) is 0 Å². The second-order valence-electron chi connectivity index (χ2n) is 5.28. The molecule has 0 saturated carbocycles. The van der Waals surface area contributed by atoms with E-state index in [1.165, 1.54) is 0 Å². The van der Waals surface area contributed by atoms with E-state index in [1.54, 1.807) is 11.8 Å². The van der Waals surface area contributed by atoms with Crippen LogP contribution in [0.2, 0.25) is 0 Å². The highest BCUT2D eigenvalue weighted by atomic mass is 32.2. The molecule has 6 nitrogen and oxygen atoms in total. The number of rotatable bonds is 5. The number of nitrogen functional groups attached to an aromatic ring is 1. The quantitative estimate of drug-likeness (QED) is 0.648. The molecular weight excluding hydrogens is 296 g/mol. The van der Waals surface area contributed by atoms with Gasteiger partial charge in [-0.05, 0) is 25.0 Å². The van der Waals surface area contributed by atoms with Gasteiger partial charge in [0.1, 0.15) is 5.69 Å². The van der Waals surface area contributed by atoms with Crippen molar-refractivity contribution in [3.63, 3.8) is 0 Å². The maximum absolute atomic E-state index is 6.05. The van der Waals surface area contributed by atoms with Crippen molar-refractivity contribution in [1.82, 2.24) is 15.0 Å². The molecule has 0 atom stereocenters. The van der Waals surface area contributed by atoms with Gasteiger partial charge in [0, 0.05) is 24.2 Å². The summed E-state index contributed by atoms with van der Waals surface area (Å²) < 4.78 is 0. The van der Waals surface area contributed by atoms with Crippen LogP contribution >= 0.6 is 11.8 Å². The molecule has 2 aromatic rings. The number of hydrogen-bond donors (Lipinski definition) is 2. The molecule has 0 unspecified atom stereocenters. The van der Waals surface area contributed by atoms with Crippen LogP contribution in [0.3, 0.4) is 0 Å². The highest BCUT2D eigenvalue weighted by Crippen LogP contribution is 2.35. The van der Waals surface area contributed by atoms with Crippen LogP contribution in [0.5, 0.6) is 0 Å². The Bertz CT molecular complexity index is 658. The highest BCUT2D eigenvalue weighted by molar-refractivity contribution is 7.99. The Morgan fingerprint density at radius 1 is 1.36 bits per heavy atom. The molecule has 22 heavy (non-hydrogen) atoms. The Kier molecular flexibility index (Phi) is 4.33. The van der Waals surface area contributed by atoms with E-state index in [-0.39, 0.29) is 0 Å². The Morgan fingerprint density at radius 3 is 2.95 bits per heavy atom. The predicted octanol–water partition coefficient (Wildman–Crippen LogP) is 2.65. The number of aromatic nitrogens is 3. The van der Waals surface area contributed by atoms with Crippen molar-refractivity contribution >= 4 is 29.1 Å². The molecule has 0 aromatic carbocycles. The lowest BCUT2D eigenvalue weighted by Crippen LogP contribution is -2.22. The summed E-state index contributed by atoms with van der Waals surface area (Å²) >= 11 is 1.64. The standard InChI is InChI=1S/C15H20N6S/c1-3-6-22-15-19-13(16)12-14(20-15)21(9-18-12)8-11-5-4-10(2)17-7-11/h4-5,7,18H,3,6,8-9H2,1-2H3,(H2,16,19,20). The molecule has 0 radical (unpaired) electrons. The first kappa shape index (κ1) is 14.9. The molecule has 2 aromatic heterocycles. The maximum atomic E-state index is 6.05. The normalized spacial score (nSPS) is 13.1. The maximum Gasteiger partial charge on any atom is 0.191 e. The number of fused-ring (bicyclic) bond motifs is 1. The van der Waals surface area contributed by atoms with E-state index in [2.05, 4.69) is 38.2 Å². The third-order valence-corrected chi connectivity index (χ3v) is 4.48. The van der Waals surface area contributed by atoms with Crippen molar-refractivity contribution in [2.75, 3.05) is 28.4 Å². The van der Waals surface area contributed by atoms with Gasteiger partial charge in [-0.15, -0.1) is 0 Å². The van der Waals surface area contributed by atoms with E-state index in [0.29, 0.717) is 12.5 Å². The fourth-order valence-corrected chi connectivity index (χ4v) is 2.99. The molecule has 0 amide bonds. The van der Waals surface area contributed by atoms with Crippen LogP contribution in [0.15, 0.2) is 23.5 Å². The Balaban J connectivity index is 1.83. The molecule has 3 N–H and O–H groups in total. The molecule has 0 spiro atoms. The van der Waals surface area contributed by atoms with E-state index in [0.717, 1.165) is 46.6 Å². The van der Waals surface area contributed by atoms with Gasteiger partial charge in [-0.25, -0.2) is 9.97 Å². The molecule has 7 heteroatoms. The summed E-state index contributed by atoms with van der Waals surface area (Å²) in [7, 11) is 0. The fraction of sp³-hybridized carbons (Fsp3) is 0.400. The van der Waals surface area contributed by atoms with Crippen LogP contribution in [0.4, 0.5) is 17.3 Å². The molecule has 0 fully saturated rings. The van der Waals surface area contributed by atoms with E-state index >= 15 is 0 Å². The number of anilines is 3. The zero-order valence-corrected chi connectivity index (χ0v) is 13.7. The van der Waals surface area contributed by atoms with Crippen LogP contribution in [-0.2, 0) is 6.54 Å². The predicted molar refractivity (Wildman–Crippen MR) is 91.1 cm³/mol. The largest absolute Gasteiger partial charge is 0.382 e. The summed E-state index contributed by atoms with van der Waals surface area (Å²) in [5.41, 5.74) is 9.06. The van der Waals surface area contributed by atoms with Gasteiger partial charge in [0.2, 0.25) is 0 Å². The minimum atomic E-state index is 0.521. The summed E-state index contributed by atoms with van der Waals surface area (Å²) in [6.45, 7) is 5.56. The Hall–Kier alpha value is -2.02. The van der Waals surface area contributed by atoms with Crippen molar-refractivity contribution in [2.45, 2.75) is 32.0 Å². The van der Waals surface area contributed by atoms with Gasteiger partial charge in [-0.3, -0.25) is 4.98 Å². The van der Waals surface area contributed by atoms with Crippen molar-refractivity contribution in [2.24, 2.45) is 0 Å². The first-order valence-corrected chi connectivity index (χ1v) is 8.36. The van der Waals surface area contributed by atoms with E-state index < -0.39 is 0 Å². The summed E-state index contributed by atoms with van der Waals surface area (Å²) in [5, 5.41) is 4.02. The van der Waals surface area contributed by atoms with Crippen LogP contribution in [-0.4, -0.2) is 27.4 Å². The summed E-state index contributed by atoms with van der Waals surface area (Å²) in [4.78, 5) is 15.5. The second kappa shape index (κ2) is 6.39. The number of nitrogens with one attached hydrogen (secondary N) is 1. The minimum absolute atomic E-state index is 0.521. The van der Waals surface area contributed by atoms with Crippen LogP contribution < -0.4 is 16.0 Å². The molecule has 3 heterocycles. The first-order valence-electron chi connectivity index (χ1n) is 7.38. The van der Waals surface area contributed by atoms with Crippen LogP contribution in [0.25, 0.3) is 0 Å². The lowest BCUT2D eigenvalue weighted by molar-refractivity contribution is 0.834. The van der Waals surface area contributed by atoms with Gasteiger partial charge in [0.15, 0.2) is 16.8 Å². The lowest BCUT2D eigenvalue weighted by atomic mass is 10.2. The highest BCUT2D eigenvalue weighted by Gasteiger charge is 2.24. The molecule has 1 aliphatic heterocycles. The lowest BCUT2D eigenvalue weighted by Gasteiger charge is -2.17. The van der Waals surface area contributed by atoms with Crippen molar-refractivity contribution in [1.29, 1.82) is 0 Å². The fourth-order valence-electron chi connectivity index (χ4n) is 2.29. The topological polar surface area (TPSA) is 80.0 Å². The van der Waals surface area contributed by atoms with Crippen LogP contribution in [0.1, 0.15) is 24.6 Å².